The molecule has 1 aliphatic carbocycles. The van der Waals surface area contributed by atoms with Crippen LogP contribution in [0.2, 0.25) is 0 Å². The summed E-state index contributed by atoms with van der Waals surface area (Å²) in [6.45, 7) is 3.65. The number of fused-ring (bicyclic) bond motifs is 1. The van der Waals surface area contributed by atoms with Crippen LogP contribution < -0.4 is 10.1 Å². The fourth-order valence-corrected chi connectivity index (χ4v) is 4.51. The molecular weight excluding hydrogens is 381 g/mol. The third-order valence-corrected chi connectivity index (χ3v) is 5.84. The summed E-state index contributed by atoms with van der Waals surface area (Å²) in [7, 11) is 0. The Bertz CT molecular complexity index is 847. The lowest BCUT2D eigenvalue weighted by Gasteiger charge is -2.15. The van der Waals surface area contributed by atoms with E-state index in [-0.39, 0.29) is 18.3 Å². The molecule has 0 unspecified atom stereocenters. The van der Waals surface area contributed by atoms with Crippen LogP contribution in [-0.4, -0.2) is 24.6 Å². The summed E-state index contributed by atoms with van der Waals surface area (Å²) in [5.41, 5.74) is 1.48. The van der Waals surface area contributed by atoms with E-state index in [1.54, 1.807) is 13.8 Å². The van der Waals surface area contributed by atoms with Crippen LogP contribution in [0.3, 0.4) is 0 Å². The van der Waals surface area contributed by atoms with Crippen molar-refractivity contribution >= 4 is 28.2 Å². The number of esters is 1. The quantitative estimate of drug-likeness (QED) is 0.557. The number of hydrogen-bond donors (Lipinski definition) is 1. The lowest BCUT2D eigenvalue weighted by molar-refractivity contribution is -0.122. The molecule has 28 heavy (non-hydrogen) atoms. The van der Waals surface area contributed by atoms with Crippen LogP contribution in [0.15, 0.2) is 24.3 Å². The number of thiophene rings is 1. The van der Waals surface area contributed by atoms with E-state index in [1.165, 1.54) is 35.6 Å². The van der Waals surface area contributed by atoms with Gasteiger partial charge in [0.2, 0.25) is 0 Å². The molecule has 1 aliphatic rings. The monoisotopic (exact) mass is 405 g/mol. The van der Waals surface area contributed by atoms with Gasteiger partial charge in [0.05, 0.1) is 12.2 Å². The zero-order valence-corrected chi connectivity index (χ0v) is 16.9. The third-order valence-electron chi connectivity index (χ3n) is 4.63. The third kappa shape index (κ3) is 4.70. The molecule has 150 valence electrons. The van der Waals surface area contributed by atoms with Gasteiger partial charge in [0.1, 0.15) is 16.6 Å². The first-order chi connectivity index (χ1) is 13.5. The number of benzene rings is 1. The van der Waals surface area contributed by atoms with Crippen molar-refractivity contribution in [2.45, 2.75) is 52.1 Å². The summed E-state index contributed by atoms with van der Waals surface area (Å²) in [6.07, 6.45) is 4.15. The van der Waals surface area contributed by atoms with Crippen LogP contribution in [0.25, 0.3) is 0 Å². The lowest BCUT2D eigenvalue weighted by Crippen LogP contribution is -2.30. The fraction of sp³-hybridized carbons (Fsp3) is 0.429. The molecule has 1 aromatic carbocycles. The molecule has 1 amide bonds. The van der Waals surface area contributed by atoms with Gasteiger partial charge in [-0.3, -0.25) is 4.79 Å². The summed E-state index contributed by atoms with van der Waals surface area (Å²) in [5.74, 6) is -0.740. The van der Waals surface area contributed by atoms with Gasteiger partial charge in [0.25, 0.3) is 5.91 Å². The topological polar surface area (TPSA) is 64.6 Å². The van der Waals surface area contributed by atoms with Gasteiger partial charge in [-0.2, -0.15) is 0 Å². The number of halogens is 1. The second kappa shape index (κ2) is 9.19. The van der Waals surface area contributed by atoms with E-state index in [2.05, 4.69) is 5.32 Å². The molecule has 0 bridgehead atoms. The summed E-state index contributed by atoms with van der Waals surface area (Å²) in [6, 6.07) is 5.48. The highest BCUT2D eigenvalue weighted by atomic mass is 32.1. The molecule has 1 N–H and O–H groups in total. The second-order valence-electron chi connectivity index (χ2n) is 6.69. The van der Waals surface area contributed by atoms with Crippen molar-refractivity contribution in [3.8, 4) is 5.75 Å². The molecule has 0 aliphatic heterocycles. The van der Waals surface area contributed by atoms with Crippen molar-refractivity contribution in [2.24, 2.45) is 0 Å². The van der Waals surface area contributed by atoms with Gasteiger partial charge in [-0.05, 0) is 69.4 Å². The van der Waals surface area contributed by atoms with E-state index in [9.17, 15) is 14.0 Å². The van der Waals surface area contributed by atoms with Gasteiger partial charge in [-0.25, -0.2) is 9.18 Å². The number of hydrogen-bond acceptors (Lipinski definition) is 5. The van der Waals surface area contributed by atoms with Crippen LogP contribution >= 0.6 is 11.3 Å². The van der Waals surface area contributed by atoms with Crippen LogP contribution in [-0.2, 0) is 22.4 Å². The Morgan fingerprint density at radius 2 is 1.89 bits per heavy atom. The minimum Gasteiger partial charge on any atom is -0.481 e. The minimum atomic E-state index is -0.803. The van der Waals surface area contributed by atoms with Gasteiger partial charge >= 0.3 is 5.97 Å². The maximum absolute atomic E-state index is 13.0. The predicted molar refractivity (Wildman–Crippen MR) is 107 cm³/mol. The minimum absolute atomic E-state index is 0.279. The number of carbonyl (C=O) groups excluding carboxylic acids is 2. The maximum atomic E-state index is 13.0. The standard InChI is InChI=1S/C21H24FNO4S/c1-3-26-21(25)18-16-7-5-4-6-8-17(16)28-20(18)23-19(24)13(2)27-15-11-9-14(22)10-12-15/h9-13H,3-8H2,1-2H3,(H,23,24)/t13-/m0/s1. The molecule has 2 aromatic rings. The van der Waals surface area contributed by atoms with E-state index in [1.807, 2.05) is 0 Å². The smallest absolute Gasteiger partial charge is 0.341 e. The molecule has 0 saturated heterocycles. The van der Waals surface area contributed by atoms with Crippen LogP contribution in [0.1, 0.15) is 53.9 Å². The highest BCUT2D eigenvalue weighted by molar-refractivity contribution is 7.17. The van der Waals surface area contributed by atoms with Gasteiger partial charge in [0, 0.05) is 4.88 Å². The Morgan fingerprint density at radius 1 is 1.18 bits per heavy atom. The number of aryl methyl sites for hydroxylation is 1. The Morgan fingerprint density at radius 3 is 2.61 bits per heavy atom. The molecular formula is C21H24FNO4S. The zero-order valence-electron chi connectivity index (χ0n) is 16.0. The normalized spacial score (nSPS) is 14.5. The first-order valence-electron chi connectivity index (χ1n) is 9.54. The van der Waals surface area contributed by atoms with Crippen molar-refractivity contribution in [2.75, 3.05) is 11.9 Å². The predicted octanol–water partition coefficient (Wildman–Crippen LogP) is 4.74. The van der Waals surface area contributed by atoms with Crippen molar-refractivity contribution < 1.29 is 23.5 Å². The maximum Gasteiger partial charge on any atom is 0.341 e. The average Bonchev–Trinajstić information content (AvgIpc) is 2.84. The molecule has 3 rings (SSSR count). The Labute approximate surface area is 167 Å². The number of carbonyl (C=O) groups is 2. The summed E-state index contributed by atoms with van der Waals surface area (Å²) < 4.78 is 23.8. The summed E-state index contributed by atoms with van der Waals surface area (Å²) in [4.78, 5) is 26.3. The number of anilines is 1. The largest absolute Gasteiger partial charge is 0.481 e. The van der Waals surface area contributed by atoms with Gasteiger partial charge in [-0.1, -0.05) is 6.42 Å². The number of rotatable bonds is 6. The molecule has 0 radical (unpaired) electrons. The number of ether oxygens (including phenoxy) is 2. The van der Waals surface area contributed by atoms with Crippen LogP contribution in [0, 0.1) is 5.82 Å². The van der Waals surface area contributed by atoms with E-state index < -0.39 is 12.1 Å². The van der Waals surface area contributed by atoms with Crippen molar-refractivity contribution in [3.05, 3.63) is 46.1 Å². The van der Waals surface area contributed by atoms with Crippen molar-refractivity contribution in [1.82, 2.24) is 0 Å². The summed E-state index contributed by atoms with van der Waals surface area (Å²) >= 11 is 1.45. The molecule has 1 aromatic heterocycles. The molecule has 5 nitrogen and oxygen atoms in total. The van der Waals surface area contributed by atoms with E-state index in [0.29, 0.717) is 16.3 Å². The molecule has 0 fully saturated rings. The Hall–Kier alpha value is -2.41. The fourth-order valence-electron chi connectivity index (χ4n) is 3.23. The Balaban J connectivity index is 1.79. The van der Waals surface area contributed by atoms with Gasteiger partial charge < -0.3 is 14.8 Å². The van der Waals surface area contributed by atoms with E-state index in [4.69, 9.17) is 9.47 Å². The van der Waals surface area contributed by atoms with Crippen molar-refractivity contribution in [1.29, 1.82) is 0 Å². The lowest BCUT2D eigenvalue weighted by atomic mass is 10.1. The summed E-state index contributed by atoms with van der Waals surface area (Å²) in [5, 5.41) is 3.36. The van der Waals surface area contributed by atoms with Crippen molar-refractivity contribution in [3.63, 3.8) is 0 Å². The van der Waals surface area contributed by atoms with Crippen LogP contribution in [0.4, 0.5) is 9.39 Å². The first-order valence-corrected chi connectivity index (χ1v) is 10.4. The first kappa shape index (κ1) is 20.3. The molecule has 7 heteroatoms. The number of nitrogens with one attached hydrogen (secondary N) is 1. The second-order valence-corrected chi connectivity index (χ2v) is 7.80. The molecule has 1 atom stereocenters. The molecule has 1 heterocycles. The van der Waals surface area contributed by atoms with Gasteiger partial charge in [0.15, 0.2) is 6.10 Å². The number of amides is 1. The SMILES string of the molecule is CCOC(=O)c1c(NC(=O)[C@H](C)Oc2ccc(F)cc2)sc2c1CCCCC2. The van der Waals surface area contributed by atoms with E-state index >= 15 is 0 Å². The highest BCUT2D eigenvalue weighted by Gasteiger charge is 2.27. The Kier molecular flexibility index (Phi) is 6.67. The zero-order chi connectivity index (χ0) is 20.1. The molecule has 0 spiro atoms. The van der Waals surface area contributed by atoms with Gasteiger partial charge in [-0.15, -0.1) is 11.3 Å². The molecule has 0 saturated carbocycles. The highest BCUT2D eigenvalue weighted by Crippen LogP contribution is 2.38. The van der Waals surface area contributed by atoms with Crippen LogP contribution in [0.5, 0.6) is 5.75 Å². The average molecular weight is 405 g/mol. The van der Waals surface area contributed by atoms with E-state index in [0.717, 1.165) is 42.5 Å².